The molecule has 0 spiro atoms. The molecule has 0 bridgehead atoms. The molecule has 0 saturated carbocycles. The molecule has 1 aromatic carbocycles. The highest BCUT2D eigenvalue weighted by atomic mass is 16.2. The van der Waals surface area contributed by atoms with Crippen LogP contribution in [0, 0.1) is 0 Å². The van der Waals surface area contributed by atoms with Crippen LogP contribution in [-0.4, -0.2) is 33.4 Å². The van der Waals surface area contributed by atoms with Crippen LogP contribution in [0.2, 0.25) is 0 Å². The molecule has 0 atom stereocenters. The number of amides is 2. The standard InChI is InChI=1S/C19H26N6O/c1-4-11-25-15(9-10-21-19(26)22-12(2)3)16-13-7-5-6-8-14(13)23-18(20)17(16)24-25/h5-8,12H,4,9-11H2,1-3H3,(H2,20,23)(H2,21,22,26). The van der Waals surface area contributed by atoms with E-state index in [1.54, 1.807) is 0 Å². The molecule has 0 saturated heterocycles. The molecule has 0 unspecified atom stereocenters. The topological polar surface area (TPSA) is 97.9 Å². The first-order chi connectivity index (χ1) is 12.5. The minimum absolute atomic E-state index is 0.108. The van der Waals surface area contributed by atoms with Gasteiger partial charge < -0.3 is 16.4 Å². The van der Waals surface area contributed by atoms with E-state index in [2.05, 4.69) is 22.5 Å². The van der Waals surface area contributed by atoms with Crippen molar-refractivity contribution in [2.45, 2.75) is 46.2 Å². The molecule has 7 heteroatoms. The predicted molar refractivity (Wildman–Crippen MR) is 105 cm³/mol. The van der Waals surface area contributed by atoms with Gasteiger partial charge in [-0.3, -0.25) is 4.68 Å². The van der Waals surface area contributed by atoms with Crippen LogP contribution in [0.4, 0.5) is 10.6 Å². The fourth-order valence-electron chi connectivity index (χ4n) is 3.18. The van der Waals surface area contributed by atoms with Crippen molar-refractivity contribution in [3.05, 3.63) is 30.0 Å². The Morgan fingerprint density at radius 1 is 1.31 bits per heavy atom. The molecule has 2 heterocycles. The Balaban J connectivity index is 1.99. The monoisotopic (exact) mass is 354 g/mol. The summed E-state index contributed by atoms with van der Waals surface area (Å²) in [6, 6.07) is 7.90. The van der Waals surface area contributed by atoms with Crippen LogP contribution in [0.25, 0.3) is 21.8 Å². The van der Waals surface area contributed by atoms with E-state index in [0.29, 0.717) is 18.8 Å². The predicted octanol–water partition coefficient (Wildman–Crippen LogP) is 2.83. The number of hydrogen-bond acceptors (Lipinski definition) is 4. The lowest BCUT2D eigenvalue weighted by Crippen LogP contribution is -2.40. The van der Waals surface area contributed by atoms with Crippen LogP contribution in [0.5, 0.6) is 0 Å². The van der Waals surface area contributed by atoms with E-state index in [-0.39, 0.29) is 12.1 Å². The van der Waals surface area contributed by atoms with Crippen LogP contribution < -0.4 is 16.4 Å². The molecule has 0 aliphatic heterocycles. The van der Waals surface area contributed by atoms with Gasteiger partial charge in [0, 0.05) is 42.0 Å². The van der Waals surface area contributed by atoms with Crippen molar-refractivity contribution < 1.29 is 4.79 Å². The molecule has 4 N–H and O–H groups in total. The first kappa shape index (κ1) is 18.0. The van der Waals surface area contributed by atoms with Gasteiger partial charge in [0.05, 0.1) is 5.52 Å². The second kappa shape index (κ2) is 7.59. The molecule has 0 radical (unpaired) electrons. The molecule has 3 aromatic rings. The molecule has 26 heavy (non-hydrogen) atoms. The van der Waals surface area contributed by atoms with Gasteiger partial charge in [0.1, 0.15) is 5.52 Å². The van der Waals surface area contributed by atoms with Gasteiger partial charge in [-0.05, 0) is 26.3 Å². The first-order valence-corrected chi connectivity index (χ1v) is 9.09. The summed E-state index contributed by atoms with van der Waals surface area (Å²) in [4.78, 5) is 16.3. The van der Waals surface area contributed by atoms with E-state index >= 15 is 0 Å². The molecule has 2 aromatic heterocycles. The van der Waals surface area contributed by atoms with Crippen molar-refractivity contribution in [1.29, 1.82) is 0 Å². The summed E-state index contributed by atoms with van der Waals surface area (Å²) in [6.07, 6.45) is 1.64. The normalized spacial score (nSPS) is 11.4. The van der Waals surface area contributed by atoms with Gasteiger partial charge in [-0.25, -0.2) is 9.78 Å². The smallest absolute Gasteiger partial charge is 0.314 e. The van der Waals surface area contributed by atoms with Crippen molar-refractivity contribution in [3.63, 3.8) is 0 Å². The number of nitrogens with zero attached hydrogens (tertiary/aromatic N) is 3. The van der Waals surface area contributed by atoms with E-state index in [9.17, 15) is 4.79 Å². The Bertz CT molecular complexity index is 931. The Labute approximate surface area is 153 Å². The lowest BCUT2D eigenvalue weighted by atomic mass is 10.1. The zero-order valence-electron chi connectivity index (χ0n) is 15.5. The largest absolute Gasteiger partial charge is 0.382 e. The van der Waals surface area contributed by atoms with Gasteiger partial charge in [0.2, 0.25) is 0 Å². The third-order valence-corrected chi connectivity index (χ3v) is 4.22. The number of nitrogen functional groups attached to an aromatic ring is 1. The molecule has 3 rings (SSSR count). The van der Waals surface area contributed by atoms with Gasteiger partial charge in [-0.15, -0.1) is 0 Å². The van der Waals surface area contributed by atoms with Crippen LogP contribution in [0.15, 0.2) is 24.3 Å². The fourth-order valence-corrected chi connectivity index (χ4v) is 3.18. The number of aromatic nitrogens is 3. The highest BCUT2D eigenvalue weighted by molar-refractivity contribution is 6.09. The SMILES string of the molecule is CCCn1nc2c(N)nc3ccccc3c2c1CCNC(=O)NC(C)C. The summed E-state index contributed by atoms with van der Waals surface area (Å²) in [5, 5.41) is 12.5. The van der Waals surface area contributed by atoms with Crippen molar-refractivity contribution in [2.75, 3.05) is 12.3 Å². The Kier molecular flexibility index (Phi) is 5.25. The number of nitrogens with two attached hydrogens (primary N) is 1. The van der Waals surface area contributed by atoms with Gasteiger partial charge in [-0.2, -0.15) is 5.10 Å². The number of aryl methyl sites for hydroxylation is 1. The average molecular weight is 354 g/mol. The number of nitrogens with one attached hydrogen (secondary N) is 2. The van der Waals surface area contributed by atoms with Gasteiger partial charge in [0.25, 0.3) is 0 Å². The van der Waals surface area contributed by atoms with Crippen LogP contribution in [0.1, 0.15) is 32.9 Å². The van der Waals surface area contributed by atoms with Crippen LogP contribution in [-0.2, 0) is 13.0 Å². The number of rotatable bonds is 6. The van der Waals surface area contributed by atoms with E-state index < -0.39 is 0 Å². The molecular weight excluding hydrogens is 328 g/mol. The van der Waals surface area contributed by atoms with Gasteiger partial charge in [-0.1, -0.05) is 25.1 Å². The van der Waals surface area contributed by atoms with Gasteiger partial charge >= 0.3 is 6.03 Å². The molecule has 138 valence electrons. The Morgan fingerprint density at radius 3 is 2.81 bits per heavy atom. The van der Waals surface area contributed by atoms with Crippen molar-refractivity contribution in [2.24, 2.45) is 0 Å². The number of fused-ring (bicyclic) bond motifs is 3. The maximum absolute atomic E-state index is 11.8. The zero-order valence-corrected chi connectivity index (χ0v) is 15.5. The van der Waals surface area contributed by atoms with E-state index in [0.717, 1.165) is 40.5 Å². The van der Waals surface area contributed by atoms with E-state index in [4.69, 9.17) is 10.8 Å². The molecule has 0 aliphatic rings. The Morgan fingerprint density at radius 2 is 2.08 bits per heavy atom. The zero-order chi connectivity index (χ0) is 18.7. The minimum Gasteiger partial charge on any atom is -0.382 e. The first-order valence-electron chi connectivity index (χ1n) is 9.09. The quantitative estimate of drug-likeness (QED) is 0.634. The third kappa shape index (κ3) is 3.56. The van der Waals surface area contributed by atoms with Crippen LogP contribution >= 0.6 is 0 Å². The molecule has 7 nitrogen and oxygen atoms in total. The summed E-state index contributed by atoms with van der Waals surface area (Å²) in [5.41, 5.74) is 8.84. The minimum atomic E-state index is -0.156. The van der Waals surface area contributed by atoms with Crippen LogP contribution in [0.3, 0.4) is 0 Å². The highest BCUT2D eigenvalue weighted by Gasteiger charge is 2.17. The summed E-state index contributed by atoms with van der Waals surface area (Å²) in [5.74, 6) is 0.445. The molecule has 2 amide bonds. The molecule has 0 fully saturated rings. The van der Waals surface area contributed by atoms with Gasteiger partial charge in [0.15, 0.2) is 5.82 Å². The fraction of sp³-hybridized carbons (Fsp3) is 0.421. The lowest BCUT2D eigenvalue weighted by Gasteiger charge is -2.11. The second-order valence-corrected chi connectivity index (χ2v) is 6.71. The maximum Gasteiger partial charge on any atom is 0.314 e. The maximum atomic E-state index is 11.8. The number of pyridine rings is 1. The van der Waals surface area contributed by atoms with Crippen molar-refractivity contribution in [1.82, 2.24) is 25.4 Å². The average Bonchev–Trinajstić information content (AvgIpc) is 2.94. The molecular formula is C19H26N6O. The third-order valence-electron chi connectivity index (χ3n) is 4.22. The van der Waals surface area contributed by atoms with Crippen molar-refractivity contribution >= 4 is 33.7 Å². The summed E-state index contributed by atoms with van der Waals surface area (Å²) < 4.78 is 2.00. The number of anilines is 1. The number of hydrogen-bond donors (Lipinski definition) is 3. The number of benzene rings is 1. The summed E-state index contributed by atoms with van der Waals surface area (Å²) in [7, 11) is 0. The second-order valence-electron chi connectivity index (χ2n) is 6.71. The van der Waals surface area contributed by atoms with Crippen molar-refractivity contribution in [3.8, 4) is 0 Å². The summed E-state index contributed by atoms with van der Waals surface area (Å²) in [6.45, 7) is 7.32. The Hall–Kier alpha value is -2.83. The highest BCUT2D eigenvalue weighted by Crippen LogP contribution is 2.30. The van der Waals surface area contributed by atoms with E-state index in [1.807, 2.05) is 42.8 Å². The molecule has 0 aliphatic carbocycles. The number of para-hydroxylation sites is 1. The number of carbonyl (C=O) groups excluding carboxylic acids is 1. The number of urea groups is 1. The van der Waals surface area contributed by atoms with E-state index in [1.165, 1.54) is 0 Å². The number of carbonyl (C=O) groups is 1. The summed E-state index contributed by atoms with van der Waals surface area (Å²) >= 11 is 0. The lowest BCUT2D eigenvalue weighted by molar-refractivity contribution is 0.238.